The van der Waals surface area contributed by atoms with Gasteiger partial charge in [-0.1, -0.05) is 26.0 Å². The standard InChI is InChI=1S/C20H21N3O3/c1-12(2)18(19-21-14-5-3-4-6-15(14)22-19)23-20(24)13-7-8-16-17(11-13)26-10-9-25-16/h3-8,11-12,18H,9-10H2,1-2H3,(H,21,22)(H,23,24)/t18-/m1/s1. The van der Waals surface area contributed by atoms with Crippen molar-refractivity contribution in [3.8, 4) is 11.5 Å². The number of imidazole rings is 1. The van der Waals surface area contributed by atoms with Crippen LogP contribution in [0.3, 0.4) is 0 Å². The number of benzene rings is 2. The number of hydrogen-bond acceptors (Lipinski definition) is 4. The predicted octanol–water partition coefficient (Wildman–Crippen LogP) is 3.46. The second-order valence-electron chi connectivity index (χ2n) is 6.69. The maximum absolute atomic E-state index is 12.8. The van der Waals surface area contributed by atoms with Crippen molar-refractivity contribution in [2.45, 2.75) is 19.9 Å². The van der Waals surface area contributed by atoms with E-state index in [-0.39, 0.29) is 17.9 Å². The van der Waals surface area contributed by atoms with Crippen molar-refractivity contribution >= 4 is 16.9 Å². The topological polar surface area (TPSA) is 76.2 Å². The van der Waals surface area contributed by atoms with Gasteiger partial charge in [0.1, 0.15) is 19.0 Å². The summed E-state index contributed by atoms with van der Waals surface area (Å²) in [5.74, 6) is 2.05. The lowest BCUT2D eigenvalue weighted by Gasteiger charge is -2.22. The molecule has 6 nitrogen and oxygen atoms in total. The average Bonchev–Trinajstić information content (AvgIpc) is 3.09. The van der Waals surface area contributed by atoms with E-state index in [0.29, 0.717) is 30.3 Å². The third-order valence-corrected chi connectivity index (χ3v) is 4.46. The number of nitrogens with one attached hydrogen (secondary N) is 2. The molecule has 0 bridgehead atoms. The Kier molecular flexibility index (Phi) is 4.24. The van der Waals surface area contributed by atoms with Gasteiger partial charge in [0.2, 0.25) is 0 Å². The van der Waals surface area contributed by atoms with Crippen LogP contribution in [0.1, 0.15) is 36.1 Å². The van der Waals surface area contributed by atoms with Crippen LogP contribution >= 0.6 is 0 Å². The highest BCUT2D eigenvalue weighted by Crippen LogP contribution is 2.31. The Hall–Kier alpha value is -3.02. The van der Waals surface area contributed by atoms with Crippen molar-refractivity contribution < 1.29 is 14.3 Å². The summed E-state index contributed by atoms with van der Waals surface area (Å²) in [5.41, 5.74) is 2.39. The van der Waals surface area contributed by atoms with E-state index in [1.165, 1.54) is 0 Å². The number of fused-ring (bicyclic) bond motifs is 2. The molecule has 26 heavy (non-hydrogen) atoms. The molecule has 2 aromatic carbocycles. The van der Waals surface area contributed by atoms with Crippen molar-refractivity contribution in [3.63, 3.8) is 0 Å². The van der Waals surface area contributed by atoms with E-state index in [4.69, 9.17) is 9.47 Å². The van der Waals surface area contributed by atoms with Gasteiger partial charge < -0.3 is 19.8 Å². The van der Waals surface area contributed by atoms with Gasteiger partial charge in [0, 0.05) is 5.56 Å². The molecular formula is C20H21N3O3. The zero-order chi connectivity index (χ0) is 18.1. The molecule has 1 aromatic heterocycles. The van der Waals surface area contributed by atoms with Crippen molar-refractivity contribution in [3.05, 3.63) is 53.9 Å². The molecule has 4 rings (SSSR count). The molecule has 2 N–H and O–H groups in total. The maximum atomic E-state index is 12.8. The highest BCUT2D eigenvalue weighted by molar-refractivity contribution is 5.95. The van der Waals surface area contributed by atoms with Crippen LogP contribution in [0, 0.1) is 5.92 Å². The highest BCUT2D eigenvalue weighted by atomic mass is 16.6. The molecule has 1 amide bonds. The number of H-pyrrole nitrogens is 1. The molecule has 0 radical (unpaired) electrons. The quantitative estimate of drug-likeness (QED) is 0.755. The van der Waals surface area contributed by atoms with Gasteiger partial charge in [-0.05, 0) is 36.2 Å². The van der Waals surface area contributed by atoms with E-state index < -0.39 is 0 Å². The lowest BCUT2D eigenvalue weighted by Crippen LogP contribution is -2.32. The van der Waals surface area contributed by atoms with Crippen molar-refractivity contribution in [1.29, 1.82) is 0 Å². The Labute approximate surface area is 151 Å². The van der Waals surface area contributed by atoms with Gasteiger partial charge in [-0.15, -0.1) is 0 Å². The summed E-state index contributed by atoms with van der Waals surface area (Å²) in [7, 11) is 0. The number of rotatable bonds is 4. The Morgan fingerprint density at radius 3 is 2.65 bits per heavy atom. The molecular weight excluding hydrogens is 330 g/mol. The fraction of sp³-hybridized carbons (Fsp3) is 0.300. The monoisotopic (exact) mass is 351 g/mol. The first-order chi connectivity index (χ1) is 12.6. The molecule has 6 heteroatoms. The van der Waals surface area contributed by atoms with Crippen LogP contribution in [0.25, 0.3) is 11.0 Å². The van der Waals surface area contributed by atoms with E-state index in [0.717, 1.165) is 16.9 Å². The molecule has 3 aromatic rings. The first-order valence-electron chi connectivity index (χ1n) is 8.77. The van der Waals surface area contributed by atoms with Crippen LogP contribution in [0.5, 0.6) is 11.5 Å². The van der Waals surface area contributed by atoms with Gasteiger partial charge in [-0.25, -0.2) is 4.98 Å². The molecule has 0 aliphatic carbocycles. The minimum atomic E-state index is -0.219. The third-order valence-electron chi connectivity index (χ3n) is 4.46. The Morgan fingerprint density at radius 1 is 1.12 bits per heavy atom. The van der Waals surface area contributed by atoms with E-state index in [9.17, 15) is 4.79 Å². The van der Waals surface area contributed by atoms with Crippen molar-refractivity contribution in [2.24, 2.45) is 5.92 Å². The van der Waals surface area contributed by atoms with Crippen LogP contribution in [0.2, 0.25) is 0 Å². The second-order valence-corrected chi connectivity index (χ2v) is 6.69. The minimum absolute atomic E-state index is 0.166. The SMILES string of the molecule is CC(C)[C@@H](NC(=O)c1ccc2c(c1)OCCO2)c1nc2ccccc2[nH]1. The third kappa shape index (κ3) is 3.10. The number of carbonyl (C=O) groups excluding carboxylic acids is 1. The highest BCUT2D eigenvalue weighted by Gasteiger charge is 2.23. The fourth-order valence-corrected chi connectivity index (χ4v) is 3.08. The number of carbonyl (C=O) groups is 1. The summed E-state index contributed by atoms with van der Waals surface area (Å²) in [6, 6.07) is 12.9. The number of para-hydroxylation sites is 2. The number of aromatic amines is 1. The van der Waals surface area contributed by atoms with E-state index in [2.05, 4.69) is 29.1 Å². The Balaban J connectivity index is 1.59. The Morgan fingerprint density at radius 2 is 1.88 bits per heavy atom. The van der Waals surface area contributed by atoms with Crippen LogP contribution in [0.15, 0.2) is 42.5 Å². The van der Waals surface area contributed by atoms with E-state index in [1.807, 2.05) is 24.3 Å². The van der Waals surface area contributed by atoms with Gasteiger partial charge >= 0.3 is 0 Å². The lowest BCUT2D eigenvalue weighted by atomic mass is 10.0. The molecule has 1 aliphatic heterocycles. The molecule has 1 aliphatic rings. The maximum Gasteiger partial charge on any atom is 0.252 e. The smallest absolute Gasteiger partial charge is 0.252 e. The van der Waals surface area contributed by atoms with Gasteiger partial charge in [0.15, 0.2) is 11.5 Å². The summed E-state index contributed by atoms with van der Waals surface area (Å²) in [6.07, 6.45) is 0. The molecule has 0 unspecified atom stereocenters. The molecule has 1 atom stereocenters. The summed E-state index contributed by atoms with van der Waals surface area (Å²) in [4.78, 5) is 20.7. The van der Waals surface area contributed by atoms with Crippen LogP contribution in [-0.4, -0.2) is 29.1 Å². The number of amides is 1. The van der Waals surface area contributed by atoms with Gasteiger partial charge in [-0.3, -0.25) is 4.79 Å². The number of nitrogens with zero attached hydrogens (tertiary/aromatic N) is 1. The molecule has 0 saturated heterocycles. The molecule has 0 fully saturated rings. The first kappa shape index (κ1) is 16.4. The van der Waals surface area contributed by atoms with Crippen molar-refractivity contribution in [1.82, 2.24) is 15.3 Å². The molecule has 0 saturated carbocycles. The van der Waals surface area contributed by atoms with Gasteiger partial charge in [0.05, 0.1) is 17.1 Å². The normalized spacial score (nSPS) is 14.4. The molecule has 134 valence electrons. The zero-order valence-corrected chi connectivity index (χ0v) is 14.8. The summed E-state index contributed by atoms with van der Waals surface area (Å²) < 4.78 is 11.1. The largest absolute Gasteiger partial charge is 0.486 e. The second kappa shape index (κ2) is 6.71. The molecule has 2 heterocycles. The Bertz CT molecular complexity index is 915. The van der Waals surface area contributed by atoms with Crippen molar-refractivity contribution in [2.75, 3.05) is 13.2 Å². The van der Waals surface area contributed by atoms with Crippen LogP contribution in [0.4, 0.5) is 0 Å². The summed E-state index contributed by atoms with van der Waals surface area (Å²) in [5, 5.41) is 3.09. The fourth-order valence-electron chi connectivity index (χ4n) is 3.08. The van der Waals surface area contributed by atoms with E-state index >= 15 is 0 Å². The minimum Gasteiger partial charge on any atom is -0.486 e. The number of hydrogen-bond donors (Lipinski definition) is 2. The molecule has 0 spiro atoms. The zero-order valence-electron chi connectivity index (χ0n) is 14.8. The summed E-state index contributed by atoms with van der Waals surface area (Å²) >= 11 is 0. The number of ether oxygens (including phenoxy) is 2. The first-order valence-corrected chi connectivity index (χ1v) is 8.77. The van der Waals surface area contributed by atoms with Gasteiger partial charge in [-0.2, -0.15) is 0 Å². The number of aromatic nitrogens is 2. The summed E-state index contributed by atoms with van der Waals surface area (Å²) in [6.45, 7) is 5.13. The van der Waals surface area contributed by atoms with Gasteiger partial charge in [0.25, 0.3) is 5.91 Å². The lowest BCUT2D eigenvalue weighted by molar-refractivity contribution is 0.0922. The average molecular weight is 351 g/mol. The van der Waals surface area contributed by atoms with Crippen LogP contribution < -0.4 is 14.8 Å². The van der Waals surface area contributed by atoms with Crippen LogP contribution in [-0.2, 0) is 0 Å². The van der Waals surface area contributed by atoms with E-state index in [1.54, 1.807) is 18.2 Å². The predicted molar refractivity (Wildman–Crippen MR) is 98.6 cm³/mol.